The van der Waals surface area contributed by atoms with Gasteiger partial charge in [-0.15, -0.1) is 0 Å². The van der Waals surface area contributed by atoms with Gasteiger partial charge in [0.25, 0.3) is 11.4 Å². The van der Waals surface area contributed by atoms with Gasteiger partial charge in [-0.3, -0.25) is 29.4 Å². The Morgan fingerprint density at radius 3 is 1.14 bits per heavy atom. The van der Waals surface area contributed by atoms with Crippen molar-refractivity contribution >= 4 is 49.3 Å². The molecule has 0 amide bonds. The molecule has 16 heteroatoms. The van der Waals surface area contributed by atoms with Crippen molar-refractivity contribution in [3.05, 3.63) is 127 Å². The van der Waals surface area contributed by atoms with Crippen LogP contribution < -0.4 is 10.6 Å². The van der Waals surface area contributed by atoms with Crippen molar-refractivity contribution in [3.8, 4) is 0 Å². The molecule has 0 aliphatic carbocycles. The summed E-state index contributed by atoms with van der Waals surface area (Å²) >= 11 is 0. The largest absolute Gasteiger partial charge is 0.350 e. The van der Waals surface area contributed by atoms with E-state index in [0.717, 1.165) is 11.1 Å². The van der Waals surface area contributed by atoms with Crippen LogP contribution in [0.5, 0.6) is 0 Å². The highest BCUT2D eigenvalue weighted by atomic mass is 31.2. The number of benzene rings is 4. The summed E-state index contributed by atoms with van der Waals surface area (Å²) in [6.07, 6.45) is 0.411. The summed E-state index contributed by atoms with van der Waals surface area (Å²) in [6.45, 7) is 8.00. The summed E-state index contributed by atoms with van der Waals surface area (Å²) in [5, 5.41) is 30.2. The highest BCUT2D eigenvalue weighted by Gasteiger charge is 2.25. The van der Waals surface area contributed by atoms with Crippen LogP contribution in [-0.2, 0) is 46.0 Å². The number of anilines is 4. The Bertz CT molecular complexity index is 1750. The molecule has 4 rings (SSSR count). The van der Waals surface area contributed by atoms with Crippen molar-refractivity contribution in [2.75, 3.05) is 37.1 Å². The molecular formula is C35H42N4O10P2. The van der Waals surface area contributed by atoms with Gasteiger partial charge in [0.15, 0.2) is 0 Å². The molecule has 0 saturated heterocycles. The second-order valence-corrected chi connectivity index (χ2v) is 15.4. The maximum absolute atomic E-state index is 12.9. The van der Waals surface area contributed by atoms with E-state index in [2.05, 4.69) is 10.6 Å². The number of nitro benzene ring substituents is 2. The van der Waals surface area contributed by atoms with Gasteiger partial charge in [0.05, 0.1) is 48.6 Å². The maximum atomic E-state index is 12.9. The van der Waals surface area contributed by atoms with E-state index < -0.39 is 25.0 Å². The minimum Gasteiger partial charge on any atom is -0.350 e. The Kier molecular flexibility index (Phi) is 14.0. The Labute approximate surface area is 296 Å². The first kappa shape index (κ1) is 39.4. The highest BCUT2D eigenvalue weighted by Crippen LogP contribution is 2.52. The van der Waals surface area contributed by atoms with Crippen molar-refractivity contribution in [1.29, 1.82) is 0 Å². The molecule has 0 fully saturated rings. The number of nitrogens with zero attached hydrogens (tertiary/aromatic N) is 2. The van der Waals surface area contributed by atoms with Crippen LogP contribution in [0.2, 0.25) is 0 Å². The number of hydrogen-bond donors (Lipinski definition) is 2. The van der Waals surface area contributed by atoms with Gasteiger partial charge in [0.2, 0.25) is 0 Å². The summed E-state index contributed by atoms with van der Waals surface area (Å²) < 4.78 is 47.2. The van der Waals surface area contributed by atoms with Gasteiger partial charge in [0, 0.05) is 23.5 Å². The zero-order chi connectivity index (χ0) is 37.0. The summed E-state index contributed by atoms with van der Waals surface area (Å²) in [4.78, 5) is 23.1. The van der Waals surface area contributed by atoms with Gasteiger partial charge in [-0.1, -0.05) is 36.4 Å². The van der Waals surface area contributed by atoms with E-state index in [0.29, 0.717) is 22.5 Å². The number of nitro groups is 2. The lowest BCUT2D eigenvalue weighted by atomic mass is 10.0. The molecule has 0 saturated carbocycles. The molecule has 2 N–H and O–H groups in total. The third kappa shape index (κ3) is 11.3. The topological polar surface area (TPSA) is 181 Å². The van der Waals surface area contributed by atoms with Gasteiger partial charge in [-0.25, -0.2) is 0 Å². The van der Waals surface area contributed by atoms with E-state index in [1.54, 1.807) is 100 Å². The molecule has 0 radical (unpaired) electrons. The molecule has 0 aliphatic rings. The Morgan fingerprint density at radius 2 is 0.843 bits per heavy atom. The predicted molar refractivity (Wildman–Crippen MR) is 198 cm³/mol. The monoisotopic (exact) mass is 740 g/mol. The Morgan fingerprint density at radius 1 is 0.529 bits per heavy atom. The Hall–Kier alpha value is -4.42. The fourth-order valence-electron chi connectivity index (χ4n) is 5.31. The van der Waals surface area contributed by atoms with E-state index in [1.165, 1.54) is 12.1 Å². The van der Waals surface area contributed by atoms with Crippen molar-refractivity contribution in [1.82, 2.24) is 0 Å². The van der Waals surface area contributed by atoms with E-state index in [4.69, 9.17) is 18.1 Å². The van der Waals surface area contributed by atoms with Gasteiger partial charge in [-0.05, 0) is 92.8 Å². The van der Waals surface area contributed by atoms with Crippen LogP contribution in [-0.4, -0.2) is 36.3 Å². The summed E-state index contributed by atoms with van der Waals surface area (Å²) in [7, 11) is -6.57. The van der Waals surface area contributed by atoms with E-state index in [1.807, 2.05) is 0 Å². The summed E-state index contributed by atoms with van der Waals surface area (Å²) in [5.41, 5.74) is 4.01. The Balaban J connectivity index is 1.47. The fraction of sp³-hybridized carbons (Fsp3) is 0.314. The van der Waals surface area contributed by atoms with Crippen LogP contribution in [0.15, 0.2) is 84.9 Å². The molecular weight excluding hydrogens is 698 g/mol. The molecule has 0 unspecified atom stereocenters. The predicted octanol–water partition coefficient (Wildman–Crippen LogP) is 10.1. The molecule has 4 aromatic carbocycles. The molecule has 0 atom stereocenters. The van der Waals surface area contributed by atoms with Crippen molar-refractivity contribution in [2.45, 2.75) is 46.4 Å². The average Bonchev–Trinajstić information content (AvgIpc) is 3.08. The normalized spacial score (nSPS) is 11.7. The molecule has 51 heavy (non-hydrogen) atoms. The first-order chi connectivity index (χ1) is 24.4. The summed E-state index contributed by atoms with van der Waals surface area (Å²) in [5.74, 6) is 0. The third-order valence-electron chi connectivity index (χ3n) is 7.45. The molecule has 272 valence electrons. The van der Waals surface area contributed by atoms with Gasteiger partial charge in [0.1, 0.15) is 11.4 Å². The molecule has 14 nitrogen and oxygen atoms in total. The van der Waals surface area contributed by atoms with Crippen LogP contribution in [0.25, 0.3) is 0 Å². The zero-order valence-electron chi connectivity index (χ0n) is 28.9. The zero-order valence-corrected chi connectivity index (χ0v) is 30.7. The minimum atomic E-state index is -3.28. The first-order valence-electron chi connectivity index (χ1n) is 16.4. The van der Waals surface area contributed by atoms with Crippen LogP contribution in [0.3, 0.4) is 0 Å². The smallest absolute Gasteiger partial charge is 0.335 e. The lowest BCUT2D eigenvalue weighted by Gasteiger charge is -2.17. The second kappa shape index (κ2) is 18.2. The lowest BCUT2D eigenvalue weighted by Crippen LogP contribution is -2.01. The highest BCUT2D eigenvalue weighted by molar-refractivity contribution is 7.53. The fourth-order valence-corrected chi connectivity index (χ4v) is 8.72. The van der Waals surface area contributed by atoms with E-state index in [9.17, 15) is 29.4 Å². The van der Waals surface area contributed by atoms with Gasteiger partial charge >= 0.3 is 15.2 Å². The van der Waals surface area contributed by atoms with Crippen molar-refractivity contribution in [2.24, 2.45) is 0 Å². The standard InChI is InChI=1S/C35H42N4O10P2/c1-5-46-50(44,47-6-2)24-26-9-15-30(16-10-26)36-32-19-13-28(22-34(32)38(40)41)21-29-14-20-33(35(23-29)39(42)43)37-31-17-11-27(12-18-31)25-51(45,48-7-3)49-8-4/h9-20,22-23,36-37H,5-8,21,24-25H2,1-4H3. The number of rotatable bonds is 20. The van der Waals surface area contributed by atoms with Crippen LogP contribution >= 0.6 is 15.2 Å². The number of hydrogen-bond acceptors (Lipinski definition) is 12. The first-order valence-corrected chi connectivity index (χ1v) is 19.9. The van der Waals surface area contributed by atoms with Crippen LogP contribution in [0.4, 0.5) is 34.1 Å². The molecule has 0 spiro atoms. The summed E-state index contributed by atoms with van der Waals surface area (Å²) in [6, 6.07) is 23.4. The molecule has 0 aliphatic heterocycles. The third-order valence-corrected chi connectivity index (χ3v) is 11.6. The lowest BCUT2D eigenvalue weighted by molar-refractivity contribution is -0.384. The second-order valence-electron chi connectivity index (χ2n) is 11.2. The van der Waals surface area contributed by atoms with Gasteiger partial charge in [-0.2, -0.15) is 0 Å². The number of nitrogens with one attached hydrogen (secondary N) is 2. The van der Waals surface area contributed by atoms with Crippen molar-refractivity contribution < 1.29 is 37.1 Å². The SMILES string of the molecule is CCOP(=O)(Cc1ccc(Nc2ccc(Cc3ccc(Nc4ccc(CP(=O)(OCC)OCC)cc4)c([N+](=O)[O-])c3)cc2[N+](=O)[O-])cc1)OCC. The van der Waals surface area contributed by atoms with E-state index >= 15 is 0 Å². The van der Waals surface area contributed by atoms with Crippen LogP contribution in [0, 0.1) is 20.2 Å². The van der Waals surface area contributed by atoms with Crippen LogP contribution in [0.1, 0.15) is 49.9 Å². The molecule has 0 bridgehead atoms. The molecule has 0 aromatic heterocycles. The molecule has 4 aromatic rings. The maximum Gasteiger partial charge on any atom is 0.335 e. The average molecular weight is 741 g/mol. The molecule has 0 heterocycles. The minimum absolute atomic E-state index is 0.0990. The van der Waals surface area contributed by atoms with Crippen molar-refractivity contribution in [3.63, 3.8) is 0 Å². The quantitative estimate of drug-likeness (QED) is 0.0498. The van der Waals surface area contributed by atoms with Gasteiger partial charge < -0.3 is 28.7 Å². The van der Waals surface area contributed by atoms with E-state index in [-0.39, 0.29) is 67.9 Å².